The van der Waals surface area contributed by atoms with E-state index in [9.17, 15) is 25.0 Å². The maximum atomic E-state index is 12.0. The summed E-state index contributed by atoms with van der Waals surface area (Å²) >= 11 is 0. The van der Waals surface area contributed by atoms with Crippen molar-refractivity contribution < 1.29 is 36.0 Å². The molecule has 12 heteroatoms. The fraction of sp³-hybridized carbons (Fsp3) is 0. The zero-order chi connectivity index (χ0) is 19.4. The van der Waals surface area contributed by atoms with Gasteiger partial charge in [0.05, 0.1) is 33.9 Å². The van der Waals surface area contributed by atoms with Crippen LogP contribution in [0.1, 0.15) is 10.4 Å². The van der Waals surface area contributed by atoms with Crippen LogP contribution in [0.2, 0.25) is 0 Å². The number of carbonyl (C=O) groups is 1. The molecule has 28 heavy (non-hydrogen) atoms. The van der Waals surface area contributed by atoms with Crippen molar-refractivity contribution in [2.24, 2.45) is 0 Å². The largest absolute Gasteiger partial charge is 1.00 e. The molecule has 1 amide bonds. The highest BCUT2D eigenvalue weighted by Gasteiger charge is 2.25. The summed E-state index contributed by atoms with van der Waals surface area (Å²) in [7, 11) is 0. The van der Waals surface area contributed by atoms with E-state index < -0.39 is 27.1 Å². The van der Waals surface area contributed by atoms with Crippen molar-refractivity contribution in [2.75, 3.05) is 5.43 Å². The smallest absolute Gasteiger partial charge is 0.322 e. The van der Waals surface area contributed by atoms with E-state index >= 15 is 0 Å². The zero-order valence-corrected chi connectivity index (χ0v) is 14.7. The predicted octanol–water partition coefficient (Wildman–Crippen LogP) is -0.866. The molecule has 2 heterocycles. The number of nitro benzene ring substituents is 2. The van der Waals surface area contributed by atoms with Crippen LogP contribution < -0.4 is 27.8 Å². The van der Waals surface area contributed by atoms with E-state index in [1.54, 1.807) is 18.2 Å². The van der Waals surface area contributed by atoms with Crippen molar-refractivity contribution in [2.45, 2.75) is 0 Å². The van der Waals surface area contributed by atoms with Crippen LogP contribution in [0.15, 0.2) is 65.6 Å². The first-order chi connectivity index (χ1) is 13.0. The molecule has 144 valence electrons. The predicted molar refractivity (Wildman–Crippen MR) is 91.1 cm³/mol. The first-order valence-corrected chi connectivity index (χ1v) is 7.50. The van der Waals surface area contributed by atoms with Gasteiger partial charge >= 0.3 is 11.5 Å². The number of benzene rings is 1. The second-order valence-electron chi connectivity index (χ2n) is 5.23. The number of pyridine rings is 1. The van der Waals surface area contributed by atoms with Gasteiger partial charge in [0.2, 0.25) is 5.69 Å². The van der Waals surface area contributed by atoms with Gasteiger partial charge in [0.25, 0.3) is 11.6 Å². The van der Waals surface area contributed by atoms with Gasteiger partial charge in [-0.15, -0.1) is 0 Å². The number of aromatic nitrogens is 1. The molecule has 2 N–H and O–H groups in total. The van der Waals surface area contributed by atoms with Crippen LogP contribution in [0.4, 0.5) is 17.2 Å². The van der Waals surface area contributed by atoms with E-state index in [0.29, 0.717) is 5.82 Å². The van der Waals surface area contributed by atoms with Gasteiger partial charge in [0.1, 0.15) is 6.26 Å². The van der Waals surface area contributed by atoms with Crippen LogP contribution in [0.25, 0.3) is 5.69 Å². The van der Waals surface area contributed by atoms with E-state index in [4.69, 9.17) is 4.42 Å². The number of furan rings is 1. The molecule has 0 saturated heterocycles. The second-order valence-corrected chi connectivity index (χ2v) is 5.23. The number of hydrogen-bond donors (Lipinski definition) is 2. The Balaban J connectivity index is 0.00000280. The topological polar surface area (TPSA) is 144 Å². The first kappa shape index (κ1) is 20.3. The maximum absolute atomic E-state index is 12.0. The number of nitrogens with one attached hydrogen (secondary N) is 2. The van der Waals surface area contributed by atoms with Gasteiger partial charge in [-0.2, -0.15) is 15.4 Å². The monoisotopic (exact) mass is 405 g/mol. The first-order valence-electron chi connectivity index (χ1n) is 7.50. The number of amides is 1. The summed E-state index contributed by atoms with van der Waals surface area (Å²) in [5.74, 6) is -0.177. The molecule has 0 aliphatic rings. The molecule has 0 spiro atoms. The van der Waals surface area contributed by atoms with Crippen LogP contribution >= 0.6 is 0 Å². The molecule has 0 aliphatic carbocycles. The quantitative estimate of drug-likeness (QED) is 0.308. The van der Waals surface area contributed by atoms with Gasteiger partial charge in [0.15, 0.2) is 0 Å². The van der Waals surface area contributed by atoms with E-state index in [2.05, 4.69) is 10.9 Å². The SMILES string of the molecule is O=C(NNc1cccc[n+]1-c1ccc([N+](=O)[O-])cc1[N+](=O)[O-])c1ccoc1.[Cl-]. The summed E-state index contributed by atoms with van der Waals surface area (Å²) < 4.78 is 6.22. The summed E-state index contributed by atoms with van der Waals surface area (Å²) in [6.45, 7) is 0. The summed E-state index contributed by atoms with van der Waals surface area (Å²) in [5, 5.41) is 22.3. The molecule has 3 aromatic rings. The molecule has 0 fully saturated rings. The molecule has 2 aromatic heterocycles. The number of rotatable bonds is 6. The minimum atomic E-state index is -0.712. The van der Waals surface area contributed by atoms with Gasteiger partial charge < -0.3 is 16.8 Å². The van der Waals surface area contributed by atoms with Crippen LogP contribution in [-0.4, -0.2) is 15.8 Å². The molecular formula is C16H12ClN5O6. The number of hydrazine groups is 1. The molecule has 1 aromatic carbocycles. The van der Waals surface area contributed by atoms with Crippen LogP contribution in [0.3, 0.4) is 0 Å². The van der Waals surface area contributed by atoms with Crippen LogP contribution in [-0.2, 0) is 0 Å². The molecular weight excluding hydrogens is 394 g/mol. The van der Waals surface area contributed by atoms with Crippen molar-refractivity contribution in [1.29, 1.82) is 0 Å². The number of halogens is 1. The molecule has 0 radical (unpaired) electrons. The van der Waals surface area contributed by atoms with E-state index in [-0.39, 0.29) is 23.7 Å². The maximum Gasteiger partial charge on any atom is 0.322 e. The summed E-state index contributed by atoms with van der Waals surface area (Å²) in [6.07, 6.45) is 4.12. The summed E-state index contributed by atoms with van der Waals surface area (Å²) in [4.78, 5) is 32.8. The Hall–Kier alpha value is -3.99. The molecule has 0 bridgehead atoms. The fourth-order valence-corrected chi connectivity index (χ4v) is 2.32. The summed E-state index contributed by atoms with van der Waals surface area (Å²) in [5.41, 5.74) is 4.63. The normalized spacial score (nSPS) is 9.86. The standard InChI is InChI=1S/C16H11N5O6.ClH/c22-16(11-6-8-27-10-11)18-17-15-3-1-2-7-19(15)13-5-4-12(20(23)24)9-14(13)21(25)26;/h1-10H,(H,18,22);1H. The molecule has 11 nitrogen and oxygen atoms in total. The Labute approximate surface area is 163 Å². The highest BCUT2D eigenvalue weighted by Crippen LogP contribution is 2.25. The third kappa shape index (κ3) is 4.22. The van der Waals surface area contributed by atoms with E-state index in [0.717, 1.165) is 12.1 Å². The third-order valence-corrected chi connectivity index (χ3v) is 3.57. The zero-order valence-electron chi connectivity index (χ0n) is 13.9. The Morgan fingerprint density at radius 2 is 1.86 bits per heavy atom. The fourth-order valence-electron chi connectivity index (χ4n) is 2.32. The Morgan fingerprint density at radius 3 is 2.50 bits per heavy atom. The minimum absolute atomic E-state index is 0. The Bertz CT molecular complexity index is 1020. The highest BCUT2D eigenvalue weighted by atomic mass is 35.5. The lowest BCUT2D eigenvalue weighted by molar-refractivity contribution is -0.586. The van der Waals surface area contributed by atoms with Crippen molar-refractivity contribution in [3.63, 3.8) is 0 Å². The van der Waals surface area contributed by atoms with Gasteiger partial charge in [-0.25, -0.2) is 0 Å². The van der Waals surface area contributed by atoms with Crippen molar-refractivity contribution in [1.82, 2.24) is 5.43 Å². The Morgan fingerprint density at radius 1 is 1.07 bits per heavy atom. The van der Waals surface area contributed by atoms with Crippen LogP contribution in [0, 0.1) is 20.2 Å². The van der Waals surface area contributed by atoms with Gasteiger partial charge in [-0.1, -0.05) is 6.07 Å². The molecule has 0 aliphatic heterocycles. The molecule has 0 atom stereocenters. The van der Waals surface area contributed by atoms with Crippen molar-refractivity contribution >= 4 is 23.1 Å². The van der Waals surface area contributed by atoms with Crippen molar-refractivity contribution in [3.8, 4) is 5.69 Å². The Kier molecular flexibility index (Phi) is 6.24. The molecule has 0 saturated carbocycles. The molecule has 3 rings (SSSR count). The van der Waals surface area contributed by atoms with Crippen molar-refractivity contribution in [3.05, 3.63) is 87.0 Å². The number of non-ortho nitro benzene ring substituents is 1. The number of nitrogens with zero attached hydrogens (tertiary/aromatic N) is 3. The van der Waals surface area contributed by atoms with Crippen LogP contribution in [0.5, 0.6) is 0 Å². The average molecular weight is 406 g/mol. The van der Waals surface area contributed by atoms with E-state index in [1.807, 2.05) is 0 Å². The average Bonchev–Trinajstić information content (AvgIpc) is 3.20. The van der Waals surface area contributed by atoms with E-state index in [1.165, 1.54) is 35.4 Å². The lowest BCUT2D eigenvalue weighted by Crippen LogP contribution is -3.00. The highest BCUT2D eigenvalue weighted by molar-refractivity contribution is 5.94. The van der Waals surface area contributed by atoms with Gasteiger partial charge in [-0.3, -0.25) is 25.0 Å². The number of anilines is 1. The lowest BCUT2D eigenvalue weighted by Gasteiger charge is -2.07. The lowest BCUT2D eigenvalue weighted by atomic mass is 10.2. The van der Waals surface area contributed by atoms with Gasteiger partial charge in [0, 0.05) is 12.1 Å². The minimum Gasteiger partial charge on any atom is -1.00 e. The molecule has 0 unspecified atom stereocenters. The number of hydrogen-bond acceptors (Lipinski definition) is 7. The third-order valence-electron chi connectivity index (χ3n) is 3.57. The number of nitro groups is 2. The second kappa shape index (κ2) is 8.60. The van der Waals surface area contributed by atoms with Gasteiger partial charge in [-0.05, 0) is 18.2 Å². The number of carbonyl (C=O) groups excluding carboxylic acids is 1. The summed E-state index contributed by atoms with van der Waals surface area (Å²) in [6, 6.07) is 9.62.